The van der Waals surface area contributed by atoms with Gasteiger partial charge in [0.2, 0.25) is 0 Å². The molecular formula is C15H13N3O2S. The first-order valence-corrected chi connectivity index (χ1v) is 7.37. The molecule has 0 aliphatic heterocycles. The van der Waals surface area contributed by atoms with Crippen LogP contribution in [-0.2, 0) is 6.42 Å². The van der Waals surface area contributed by atoms with Crippen LogP contribution in [0.1, 0.15) is 15.4 Å². The lowest BCUT2D eigenvalue weighted by molar-refractivity contribution is 0.0699. The van der Waals surface area contributed by atoms with Gasteiger partial charge in [0.1, 0.15) is 5.82 Å². The highest BCUT2D eigenvalue weighted by molar-refractivity contribution is 7.09. The first-order chi connectivity index (χ1) is 10.2. The first kappa shape index (κ1) is 13.5. The van der Waals surface area contributed by atoms with Crippen molar-refractivity contribution in [3.05, 3.63) is 52.5 Å². The first-order valence-electron chi connectivity index (χ1n) is 6.49. The molecule has 0 spiro atoms. The molecule has 6 heteroatoms. The Balaban J connectivity index is 1.83. The van der Waals surface area contributed by atoms with Crippen LogP contribution in [0, 0.1) is 0 Å². The van der Waals surface area contributed by atoms with Crippen molar-refractivity contribution in [1.29, 1.82) is 0 Å². The number of carboxylic acid groups (broad SMARTS) is 1. The number of rotatable bonds is 5. The summed E-state index contributed by atoms with van der Waals surface area (Å²) in [4.78, 5) is 20.0. The lowest BCUT2D eigenvalue weighted by atomic mass is 10.1. The molecule has 0 aliphatic rings. The molecule has 2 N–H and O–H groups in total. The van der Waals surface area contributed by atoms with Crippen LogP contribution in [0.25, 0.3) is 10.9 Å². The van der Waals surface area contributed by atoms with E-state index in [2.05, 4.69) is 15.3 Å². The van der Waals surface area contributed by atoms with Crippen molar-refractivity contribution in [2.75, 3.05) is 11.9 Å². The van der Waals surface area contributed by atoms with Crippen LogP contribution in [0.2, 0.25) is 0 Å². The van der Waals surface area contributed by atoms with E-state index in [9.17, 15) is 9.90 Å². The Morgan fingerprint density at radius 2 is 2.19 bits per heavy atom. The maximum absolute atomic E-state index is 11.4. The van der Waals surface area contributed by atoms with Gasteiger partial charge in [-0.3, -0.25) is 0 Å². The number of nitrogens with zero attached hydrogens (tertiary/aromatic N) is 2. The second kappa shape index (κ2) is 5.88. The molecule has 21 heavy (non-hydrogen) atoms. The summed E-state index contributed by atoms with van der Waals surface area (Å²) in [6, 6.07) is 8.82. The van der Waals surface area contributed by atoms with Gasteiger partial charge in [0.05, 0.1) is 16.1 Å². The summed E-state index contributed by atoms with van der Waals surface area (Å²) in [5, 5.41) is 16.1. The number of para-hydroxylation sites is 1. The zero-order chi connectivity index (χ0) is 14.7. The number of thiazole rings is 1. The highest BCUT2D eigenvalue weighted by Crippen LogP contribution is 2.20. The number of carboxylic acids is 1. The van der Waals surface area contributed by atoms with Gasteiger partial charge in [-0.1, -0.05) is 18.2 Å². The fourth-order valence-corrected chi connectivity index (χ4v) is 2.74. The normalized spacial score (nSPS) is 10.7. The van der Waals surface area contributed by atoms with Crippen LogP contribution >= 0.6 is 11.3 Å². The molecule has 3 aromatic rings. The predicted molar refractivity (Wildman–Crippen MR) is 83.0 cm³/mol. The van der Waals surface area contributed by atoms with E-state index in [1.54, 1.807) is 29.7 Å². The standard InChI is InChI=1S/C15H13N3O2S/c19-15(20)11-9-13(16-6-5-14-17-7-8-21-14)18-12-4-2-1-3-10(11)12/h1-4,7-9H,5-6H2,(H,16,18)(H,19,20). The highest BCUT2D eigenvalue weighted by atomic mass is 32.1. The Hall–Kier alpha value is -2.47. The lowest BCUT2D eigenvalue weighted by Crippen LogP contribution is -2.08. The van der Waals surface area contributed by atoms with Gasteiger partial charge in [-0.05, 0) is 12.1 Å². The van der Waals surface area contributed by atoms with E-state index in [0.717, 1.165) is 11.4 Å². The Morgan fingerprint density at radius 3 is 2.95 bits per heavy atom. The van der Waals surface area contributed by atoms with Gasteiger partial charge < -0.3 is 10.4 Å². The second-order valence-corrected chi connectivity index (χ2v) is 5.46. The van der Waals surface area contributed by atoms with E-state index in [1.807, 2.05) is 23.6 Å². The molecule has 0 unspecified atom stereocenters. The summed E-state index contributed by atoms with van der Waals surface area (Å²) >= 11 is 1.60. The van der Waals surface area contributed by atoms with E-state index >= 15 is 0 Å². The van der Waals surface area contributed by atoms with Crippen LogP contribution in [0.5, 0.6) is 0 Å². The molecule has 0 radical (unpaired) electrons. The maximum atomic E-state index is 11.4. The molecule has 106 valence electrons. The fourth-order valence-electron chi connectivity index (χ4n) is 2.12. The topological polar surface area (TPSA) is 75.1 Å². The van der Waals surface area contributed by atoms with Crippen LogP contribution < -0.4 is 5.32 Å². The maximum Gasteiger partial charge on any atom is 0.336 e. The van der Waals surface area contributed by atoms with E-state index < -0.39 is 5.97 Å². The number of hydrogen-bond acceptors (Lipinski definition) is 5. The summed E-state index contributed by atoms with van der Waals surface area (Å²) in [5.74, 6) is -0.376. The van der Waals surface area contributed by atoms with Gasteiger partial charge >= 0.3 is 5.97 Å². The number of benzene rings is 1. The summed E-state index contributed by atoms with van der Waals surface area (Å²) in [5.41, 5.74) is 0.937. The molecular weight excluding hydrogens is 286 g/mol. The van der Waals surface area contributed by atoms with Crippen LogP contribution in [0.4, 0.5) is 5.82 Å². The average Bonchev–Trinajstić information content (AvgIpc) is 2.99. The highest BCUT2D eigenvalue weighted by Gasteiger charge is 2.11. The minimum atomic E-state index is -0.948. The quantitative estimate of drug-likeness (QED) is 0.757. The number of fused-ring (bicyclic) bond motifs is 1. The largest absolute Gasteiger partial charge is 0.478 e. The van der Waals surface area contributed by atoms with E-state index in [1.165, 1.54) is 0 Å². The number of nitrogens with one attached hydrogen (secondary N) is 1. The summed E-state index contributed by atoms with van der Waals surface area (Å²) in [6.45, 7) is 0.665. The number of pyridine rings is 1. The molecule has 0 saturated heterocycles. The monoisotopic (exact) mass is 299 g/mol. The van der Waals surface area contributed by atoms with Crippen molar-refractivity contribution in [2.45, 2.75) is 6.42 Å². The third-order valence-electron chi connectivity index (χ3n) is 3.08. The zero-order valence-electron chi connectivity index (χ0n) is 11.1. The molecule has 1 aromatic carbocycles. The molecule has 0 atom stereocenters. The molecule has 0 aliphatic carbocycles. The third-order valence-corrected chi connectivity index (χ3v) is 3.91. The van der Waals surface area contributed by atoms with Crippen molar-refractivity contribution in [3.8, 4) is 0 Å². The van der Waals surface area contributed by atoms with Crippen molar-refractivity contribution < 1.29 is 9.90 Å². The van der Waals surface area contributed by atoms with Gasteiger partial charge in [0.25, 0.3) is 0 Å². The Morgan fingerprint density at radius 1 is 1.33 bits per heavy atom. The Kier molecular flexibility index (Phi) is 3.79. The van der Waals surface area contributed by atoms with Gasteiger partial charge in [0, 0.05) is 29.9 Å². The number of hydrogen-bond donors (Lipinski definition) is 2. The summed E-state index contributed by atoms with van der Waals surface area (Å²) < 4.78 is 0. The van der Waals surface area contributed by atoms with Gasteiger partial charge in [-0.25, -0.2) is 14.8 Å². The second-order valence-electron chi connectivity index (χ2n) is 4.48. The zero-order valence-corrected chi connectivity index (χ0v) is 11.9. The molecule has 3 rings (SSSR count). The molecule has 2 heterocycles. The molecule has 0 bridgehead atoms. The van der Waals surface area contributed by atoms with E-state index in [4.69, 9.17) is 0 Å². The summed E-state index contributed by atoms with van der Waals surface area (Å²) in [7, 11) is 0. The molecule has 2 aromatic heterocycles. The summed E-state index contributed by atoms with van der Waals surface area (Å²) in [6.07, 6.45) is 2.56. The van der Waals surface area contributed by atoms with Gasteiger partial charge in [-0.2, -0.15) is 0 Å². The number of aromatic nitrogens is 2. The Bertz CT molecular complexity index is 772. The van der Waals surface area contributed by atoms with Crippen LogP contribution in [0.3, 0.4) is 0 Å². The van der Waals surface area contributed by atoms with Crippen molar-refractivity contribution in [2.24, 2.45) is 0 Å². The molecule has 5 nitrogen and oxygen atoms in total. The average molecular weight is 299 g/mol. The lowest BCUT2D eigenvalue weighted by Gasteiger charge is -2.08. The van der Waals surface area contributed by atoms with E-state index in [-0.39, 0.29) is 5.56 Å². The molecule has 0 amide bonds. The van der Waals surface area contributed by atoms with Crippen LogP contribution in [0.15, 0.2) is 41.9 Å². The van der Waals surface area contributed by atoms with Crippen molar-refractivity contribution >= 4 is 34.0 Å². The third kappa shape index (κ3) is 3.00. The van der Waals surface area contributed by atoms with E-state index in [0.29, 0.717) is 23.3 Å². The van der Waals surface area contributed by atoms with Crippen molar-refractivity contribution in [3.63, 3.8) is 0 Å². The number of aromatic carboxylic acids is 1. The smallest absolute Gasteiger partial charge is 0.336 e. The van der Waals surface area contributed by atoms with Gasteiger partial charge in [0.15, 0.2) is 0 Å². The molecule has 0 saturated carbocycles. The SMILES string of the molecule is O=C(O)c1cc(NCCc2nccs2)nc2ccccc12. The van der Waals surface area contributed by atoms with Crippen molar-refractivity contribution in [1.82, 2.24) is 9.97 Å². The minimum Gasteiger partial charge on any atom is -0.478 e. The van der Waals surface area contributed by atoms with Gasteiger partial charge in [-0.15, -0.1) is 11.3 Å². The number of anilines is 1. The fraction of sp³-hybridized carbons (Fsp3) is 0.133. The predicted octanol–water partition coefficient (Wildman–Crippen LogP) is 3.04. The van der Waals surface area contributed by atoms with Crippen LogP contribution in [-0.4, -0.2) is 27.6 Å². The minimum absolute atomic E-state index is 0.261. The molecule has 0 fully saturated rings. The number of carbonyl (C=O) groups is 1. The Labute approximate surface area is 125 Å².